The summed E-state index contributed by atoms with van der Waals surface area (Å²) in [4.78, 5) is 69.3. The Bertz CT molecular complexity index is 4160. The van der Waals surface area contributed by atoms with Gasteiger partial charge >= 0.3 is 11.9 Å². The van der Waals surface area contributed by atoms with Crippen molar-refractivity contribution < 1.29 is 43.9 Å². The van der Waals surface area contributed by atoms with E-state index in [1.54, 1.807) is 167 Å². The minimum absolute atomic E-state index is 0.0981. The molecule has 2 aromatic rings. The van der Waals surface area contributed by atoms with Crippen LogP contribution in [0.25, 0.3) is 0 Å². The molecule has 2 aliphatic rings. The molecule has 0 bridgehead atoms. The van der Waals surface area contributed by atoms with E-state index >= 15 is 0 Å². The molecule has 2 heterocycles. The number of carboxylic acid groups (broad SMARTS) is 1. The van der Waals surface area contributed by atoms with Gasteiger partial charge in [-0.05, 0) is 24.3 Å². The smallest absolute Gasteiger partial charge is 0.363 e. The highest BCUT2D eigenvalue weighted by atomic mass is 33.5. The first kappa shape index (κ1) is 82.3. The fourth-order valence-electron chi connectivity index (χ4n) is 2.94. The molecule has 2 saturated heterocycles. The average molecular weight is 1870 g/mol. The number of nitrogens with zero attached hydrogens (tertiary/aromatic N) is 2. The Morgan fingerprint density at radius 2 is 0.571 bits per heavy atom. The van der Waals surface area contributed by atoms with Crippen LogP contribution < -0.4 is 0 Å². The van der Waals surface area contributed by atoms with E-state index < -0.39 is 35.6 Å². The number of carbonyl (C=O) groups excluding carboxylic acids is 5. The number of hydroxylamine groups is 4. The van der Waals surface area contributed by atoms with Gasteiger partial charge in [0.05, 0.1) is 11.1 Å². The van der Waals surface area contributed by atoms with Crippen LogP contribution in [0.5, 0.6) is 0 Å². The standard InChI is InChI=1S/C11H9NO4.C7H6O2.C4H5NO3.S42.S2/c13-9-6-7-10(14)12(9)16-11(15)8-4-2-1-3-5-8;8-7(9)6-4-2-1-3-5-6;6-3-1-2-4(7)5(3)8;1-3-5-7-9-11-13-15-17-19-21-23-25-27-29-31-33-35-37-39-41-42-40-38-36-34-32-30-28-26-24-22-20-18-16-14-12-10-8-6-4-2;1-2/h1-5H,6-7H2;1-5H,(H,8,9);8H,1-2H2;;. The van der Waals surface area contributed by atoms with Gasteiger partial charge in [0.2, 0.25) is 0 Å². The van der Waals surface area contributed by atoms with Gasteiger partial charge in [0, 0.05) is 426 Å². The SMILES string of the molecule is O=C(O)c1ccccc1.O=C(ON1C(=O)CCC1=O)c1ccccc1.O=C1CCC(=O)N1O.S=S.S=S=S=S=S=S=S=S=S=S=S=S=S=S=S=S=S=S=S=S=S=S=S=S=S=S=S=S=S=S=S=S=S=S=S=S=S=S=S=S=S=S. The molecular formula is C22H20N2O9S44. The van der Waals surface area contributed by atoms with Crippen LogP contribution in [0, 0.1) is 0 Å². The lowest BCUT2D eigenvalue weighted by Gasteiger charge is -2.12. The summed E-state index contributed by atoms with van der Waals surface area (Å²) < 4.78 is 0. The summed E-state index contributed by atoms with van der Waals surface area (Å²) in [6, 6.07) is 16.5. The van der Waals surface area contributed by atoms with Gasteiger partial charge in [0.1, 0.15) is 0 Å². The number of amides is 4. The number of carbonyl (C=O) groups is 6. The van der Waals surface area contributed by atoms with Crippen LogP contribution >= 0.6 is 0 Å². The van der Waals surface area contributed by atoms with Gasteiger partial charge in [0.15, 0.2) is 0 Å². The zero-order chi connectivity index (χ0) is 56.7. The van der Waals surface area contributed by atoms with Crippen molar-refractivity contribution in [2.45, 2.75) is 25.7 Å². The molecule has 55 heteroatoms. The van der Waals surface area contributed by atoms with Gasteiger partial charge in [-0.3, -0.25) is 24.4 Å². The van der Waals surface area contributed by atoms with Crippen LogP contribution in [0.1, 0.15) is 46.4 Å². The molecular weight excluding hydrogens is 1850 g/mol. The number of rotatable bonds is 3. The lowest BCUT2D eigenvalue weighted by Crippen LogP contribution is -2.32. The van der Waals surface area contributed by atoms with E-state index in [1.165, 1.54) is 17.8 Å². The maximum atomic E-state index is 11.5. The van der Waals surface area contributed by atoms with Crippen molar-refractivity contribution in [2.24, 2.45) is 0 Å². The molecule has 4 rings (SSSR count). The van der Waals surface area contributed by atoms with E-state index in [1.807, 2.05) is 231 Å². The van der Waals surface area contributed by atoms with Crippen LogP contribution in [0.4, 0.5) is 0 Å². The molecule has 4 amide bonds. The Balaban J connectivity index is 0.00000130. The lowest BCUT2D eigenvalue weighted by atomic mass is 10.2. The van der Waals surface area contributed by atoms with Crippen molar-refractivity contribution in [1.82, 2.24) is 10.1 Å². The molecule has 2 aliphatic heterocycles. The van der Waals surface area contributed by atoms with E-state index in [2.05, 4.69) is 22.4 Å². The third-order valence-corrected chi connectivity index (χ3v) is 92.0. The Morgan fingerprint density at radius 3 is 0.753 bits per heavy atom. The Hall–Kier alpha value is 5.30. The summed E-state index contributed by atoms with van der Waals surface area (Å²) >= 11 is 16.9. The molecule has 2 N–H and O–H groups in total. The minimum atomic E-state index is -0.879. The summed E-state index contributed by atoms with van der Waals surface area (Å²) in [5.74, 6) is -3.55. The van der Waals surface area contributed by atoms with E-state index in [0.717, 1.165) is 0 Å². The first-order valence-electron chi connectivity index (χ1n) is 16.7. The Morgan fingerprint density at radius 1 is 0.364 bits per heavy atom. The van der Waals surface area contributed by atoms with Crippen molar-refractivity contribution in [1.29, 1.82) is 0 Å². The van der Waals surface area contributed by atoms with Crippen LogP contribution in [0.3, 0.4) is 0 Å². The lowest BCUT2D eigenvalue weighted by molar-refractivity contribution is -0.173. The predicted molar refractivity (Wildman–Crippen MR) is 433 cm³/mol. The van der Waals surface area contributed by atoms with Crippen molar-refractivity contribution in [3.63, 3.8) is 0 Å². The number of aromatic carboxylic acids is 1. The molecule has 0 spiro atoms. The first-order chi connectivity index (χ1) is 37.6. The minimum Gasteiger partial charge on any atom is -0.478 e. The molecule has 2 fully saturated rings. The number of imide groups is 2. The van der Waals surface area contributed by atoms with Crippen LogP contribution in [-0.2, 0) is 424 Å². The highest BCUT2D eigenvalue weighted by Gasteiger charge is 2.33. The number of hydrogen-bond acceptors (Lipinski definition) is 12. The van der Waals surface area contributed by atoms with Crippen LogP contribution in [-0.4, -0.2) is 56.0 Å². The summed E-state index contributed by atoms with van der Waals surface area (Å²) in [6.45, 7) is 0. The monoisotopic (exact) mass is 1860 g/mol. The summed E-state index contributed by atoms with van der Waals surface area (Å²) in [6.07, 6.45) is 0.493. The second-order valence-electron chi connectivity index (χ2n) is 9.32. The van der Waals surface area contributed by atoms with Gasteiger partial charge in [-0.15, -0.1) is 5.06 Å². The molecule has 11 nitrogen and oxygen atoms in total. The molecule has 0 aliphatic carbocycles. The van der Waals surface area contributed by atoms with Gasteiger partial charge in [0.25, 0.3) is 23.6 Å². The third-order valence-electron chi connectivity index (χ3n) is 5.32. The highest BCUT2D eigenvalue weighted by molar-refractivity contribution is 8.81. The number of carboxylic acids is 1. The molecule has 0 unspecified atom stereocenters. The fraction of sp³-hybridized carbons (Fsp3) is 0.182. The molecule has 436 valence electrons. The van der Waals surface area contributed by atoms with Crippen LogP contribution in [0.2, 0.25) is 0 Å². The second kappa shape index (κ2) is 64.3. The zero-order valence-corrected chi connectivity index (χ0v) is 71.1. The summed E-state index contributed by atoms with van der Waals surface area (Å²) in [5, 5.41) is 17.5. The first-order valence-corrected chi connectivity index (χ1v) is 72.7. The van der Waals surface area contributed by atoms with Crippen molar-refractivity contribution in [2.75, 3.05) is 0 Å². The van der Waals surface area contributed by atoms with Gasteiger partial charge in [-0.25, -0.2) is 9.59 Å². The largest absolute Gasteiger partial charge is 0.478 e. The quantitative estimate of drug-likeness (QED) is 0.339. The van der Waals surface area contributed by atoms with E-state index in [4.69, 9.17) is 37.5 Å². The van der Waals surface area contributed by atoms with E-state index in [9.17, 15) is 28.8 Å². The maximum Gasteiger partial charge on any atom is 0.363 e. The van der Waals surface area contributed by atoms with E-state index in [0.29, 0.717) is 16.2 Å². The molecule has 0 saturated carbocycles. The average Bonchev–Trinajstić information content (AvgIpc) is 3.93. The highest BCUT2D eigenvalue weighted by Crippen LogP contribution is 2.14. The Kier molecular flexibility index (Phi) is 68.7. The third kappa shape index (κ3) is 52.9. The Labute approximate surface area is 574 Å². The van der Waals surface area contributed by atoms with Gasteiger partial charge in [-0.1, -0.05) is 36.4 Å². The molecule has 0 radical (unpaired) electrons. The number of benzene rings is 2. The van der Waals surface area contributed by atoms with Crippen molar-refractivity contribution in [3.8, 4) is 0 Å². The zero-order valence-electron chi connectivity index (χ0n) is 35.2. The molecule has 2 aromatic carbocycles. The summed E-state index contributed by atoms with van der Waals surface area (Å²) in [5.41, 5.74) is 0.632. The predicted octanol–water partition coefficient (Wildman–Crippen LogP) is 1.71. The van der Waals surface area contributed by atoms with Gasteiger partial charge in [-0.2, -0.15) is 5.06 Å². The topological polar surface area (TPSA) is 159 Å². The van der Waals surface area contributed by atoms with Crippen molar-refractivity contribution in [3.05, 3.63) is 71.8 Å². The van der Waals surface area contributed by atoms with Crippen molar-refractivity contribution >= 4 is 436 Å². The summed E-state index contributed by atoms with van der Waals surface area (Å²) in [7, 11) is 71.1. The van der Waals surface area contributed by atoms with Crippen LogP contribution in [0.15, 0.2) is 60.7 Å². The van der Waals surface area contributed by atoms with E-state index in [-0.39, 0.29) is 30.7 Å². The fourth-order valence-corrected chi connectivity index (χ4v) is 107. The molecule has 77 heavy (non-hydrogen) atoms. The van der Waals surface area contributed by atoms with Gasteiger partial charge < -0.3 is 9.94 Å². The second-order valence-corrected chi connectivity index (χ2v) is 80.1. The molecule has 0 atom stereocenters. The number of hydrogen-bond donors (Lipinski definition) is 2. The normalized spacial score (nSPS) is 10.6. The maximum absolute atomic E-state index is 11.5. The molecule has 0 aromatic heterocycles.